The van der Waals surface area contributed by atoms with E-state index in [0.29, 0.717) is 24.9 Å². The van der Waals surface area contributed by atoms with Gasteiger partial charge in [-0.2, -0.15) is 0 Å². The van der Waals surface area contributed by atoms with Crippen LogP contribution in [0.25, 0.3) is 0 Å². The number of carbonyl (C=O) groups is 1. The van der Waals surface area contributed by atoms with E-state index in [1.807, 2.05) is 19.9 Å². The maximum Gasteiger partial charge on any atom is 0.224 e. The number of aryl methyl sites for hydroxylation is 2. The summed E-state index contributed by atoms with van der Waals surface area (Å²) in [5, 5.41) is 9.75. The van der Waals surface area contributed by atoms with Gasteiger partial charge in [0.1, 0.15) is 11.6 Å². The molecule has 1 aliphatic heterocycles. The van der Waals surface area contributed by atoms with Gasteiger partial charge in [0.05, 0.1) is 11.4 Å². The molecule has 2 aromatic rings. The Hall–Kier alpha value is -1.92. The van der Waals surface area contributed by atoms with Crippen LogP contribution >= 0.6 is 12.4 Å². The van der Waals surface area contributed by atoms with Gasteiger partial charge in [-0.05, 0) is 50.4 Å². The molecule has 0 atom stereocenters. The van der Waals surface area contributed by atoms with Gasteiger partial charge in [-0.1, -0.05) is 11.2 Å². The normalized spacial score (nSPS) is 13.1. The number of hydrogen-bond donors (Lipinski definition) is 2. The van der Waals surface area contributed by atoms with Crippen LogP contribution in [0.1, 0.15) is 34.6 Å². The van der Waals surface area contributed by atoms with Crippen LogP contribution in [0.2, 0.25) is 0 Å². The van der Waals surface area contributed by atoms with Crippen molar-refractivity contribution in [3.8, 4) is 0 Å². The van der Waals surface area contributed by atoms with Gasteiger partial charge < -0.3 is 15.2 Å². The topological polar surface area (TPSA) is 67.2 Å². The average molecular weight is 354 g/mol. The summed E-state index contributed by atoms with van der Waals surface area (Å²) < 4.78 is 19.6. The van der Waals surface area contributed by atoms with Crippen LogP contribution in [0.5, 0.6) is 0 Å². The highest BCUT2D eigenvalue weighted by Gasteiger charge is 2.18. The molecule has 0 saturated carbocycles. The van der Waals surface area contributed by atoms with Gasteiger partial charge in [0.2, 0.25) is 5.91 Å². The van der Waals surface area contributed by atoms with Gasteiger partial charge in [0.15, 0.2) is 0 Å². The molecule has 0 saturated heterocycles. The smallest absolute Gasteiger partial charge is 0.224 e. The van der Waals surface area contributed by atoms with E-state index in [0.717, 1.165) is 29.1 Å². The summed E-state index contributed by atoms with van der Waals surface area (Å²) in [5.74, 6) is 0.204. The molecule has 5 nitrogen and oxygen atoms in total. The summed E-state index contributed by atoms with van der Waals surface area (Å²) in [5.41, 5.74) is 3.66. The highest BCUT2D eigenvalue weighted by molar-refractivity contribution is 5.91. The molecule has 1 amide bonds. The standard InChI is InChI=1S/C17H20FN3O2.ClH/c1-10-13(11(2)23-21-10)4-6-16(22)20-15-5-3-12-9-19-8-7-14(12)17(15)18;/h3,5,19H,4,6-9H2,1-2H3,(H,20,22);1H. The SMILES string of the molecule is Cc1noc(C)c1CCC(=O)Nc1ccc2c(c1F)CCNC2.Cl. The van der Waals surface area contributed by atoms with E-state index in [9.17, 15) is 9.18 Å². The lowest BCUT2D eigenvalue weighted by Crippen LogP contribution is -2.25. The number of aromatic nitrogens is 1. The van der Waals surface area contributed by atoms with Gasteiger partial charge in [-0.15, -0.1) is 12.4 Å². The molecule has 0 radical (unpaired) electrons. The van der Waals surface area contributed by atoms with Gasteiger partial charge in [0, 0.05) is 18.5 Å². The molecular weight excluding hydrogens is 333 g/mol. The third-order valence-electron chi connectivity index (χ3n) is 4.26. The molecule has 1 aromatic carbocycles. The molecule has 0 spiro atoms. The van der Waals surface area contributed by atoms with Crippen LogP contribution in [-0.4, -0.2) is 17.6 Å². The first-order valence-electron chi connectivity index (χ1n) is 7.79. The first-order chi connectivity index (χ1) is 11.1. The van der Waals surface area contributed by atoms with Crippen molar-refractivity contribution in [2.45, 2.75) is 39.7 Å². The van der Waals surface area contributed by atoms with Crippen molar-refractivity contribution in [3.63, 3.8) is 0 Å². The second kappa shape index (κ2) is 7.77. The monoisotopic (exact) mass is 353 g/mol. The summed E-state index contributed by atoms with van der Waals surface area (Å²) in [4.78, 5) is 12.1. The quantitative estimate of drug-likeness (QED) is 0.886. The number of benzene rings is 1. The van der Waals surface area contributed by atoms with Crippen LogP contribution in [0, 0.1) is 19.7 Å². The molecule has 0 fully saturated rings. The highest BCUT2D eigenvalue weighted by atomic mass is 35.5. The van der Waals surface area contributed by atoms with E-state index < -0.39 is 0 Å². The number of rotatable bonds is 4. The fourth-order valence-corrected chi connectivity index (χ4v) is 2.94. The van der Waals surface area contributed by atoms with E-state index in [2.05, 4.69) is 15.8 Å². The van der Waals surface area contributed by atoms with Crippen molar-refractivity contribution < 1.29 is 13.7 Å². The minimum atomic E-state index is -0.310. The van der Waals surface area contributed by atoms with Gasteiger partial charge in [0.25, 0.3) is 0 Å². The van der Waals surface area contributed by atoms with E-state index in [1.165, 1.54) is 0 Å². The summed E-state index contributed by atoms with van der Waals surface area (Å²) in [7, 11) is 0. The second-order valence-electron chi connectivity index (χ2n) is 5.84. The van der Waals surface area contributed by atoms with Crippen molar-refractivity contribution in [3.05, 3.63) is 46.1 Å². The van der Waals surface area contributed by atoms with E-state index in [-0.39, 0.29) is 36.2 Å². The molecule has 2 N–H and O–H groups in total. The van der Waals surface area contributed by atoms with Crippen molar-refractivity contribution in [1.29, 1.82) is 0 Å². The van der Waals surface area contributed by atoms with Crippen LogP contribution < -0.4 is 10.6 Å². The highest BCUT2D eigenvalue weighted by Crippen LogP contribution is 2.25. The summed E-state index contributed by atoms with van der Waals surface area (Å²) >= 11 is 0. The predicted octanol–water partition coefficient (Wildman–Crippen LogP) is 3.07. The molecule has 1 aromatic heterocycles. The first kappa shape index (κ1) is 18.4. The third-order valence-corrected chi connectivity index (χ3v) is 4.26. The van der Waals surface area contributed by atoms with E-state index >= 15 is 0 Å². The predicted molar refractivity (Wildman–Crippen MR) is 92.0 cm³/mol. The molecule has 24 heavy (non-hydrogen) atoms. The Kier molecular flexibility index (Phi) is 5.96. The third kappa shape index (κ3) is 3.76. The first-order valence-corrected chi connectivity index (χ1v) is 7.79. The molecule has 3 rings (SSSR count). The van der Waals surface area contributed by atoms with E-state index in [4.69, 9.17) is 4.52 Å². The lowest BCUT2D eigenvalue weighted by Gasteiger charge is -2.19. The fourth-order valence-electron chi connectivity index (χ4n) is 2.94. The lowest BCUT2D eigenvalue weighted by atomic mass is 9.99. The number of anilines is 1. The van der Waals surface area contributed by atoms with Crippen LogP contribution in [-0.2, 0) is 24.2 Å². The van der Waals surface area contributed by atoms with E-state index in [1.54, 1.807) is 6.07 Å². The van der Waals surface area contributed by atoms with Gasteiger partial charge in [-0.25, -0.2) is 4.39 Å². The molecule has 130 valence electrons. The molecule has 1 aliphatic rings. The molecular formula is C17H21ClFN3O2. The van der Waals surface area contributed by atoms with Gasteiger partial charge in [-0.3, -0.25) is 4.79 Å². The Morgan fingerprint density at radius 1 is 1.42 bits per heavy atom. The number of halogens is 2. The zero-order valence-corrected chi connectivity index (χ0v) is 14.6. The second-order valence-corrected chi connectivity index (χ2v) is 5.84. The Morgan fingerprint density at radius 2 is 2.21 bits per heavy atom. The molecule has 0 unspecified atom stereocenters. The minimum Gasteiger partial charge on any atom is -0.361 e. The number of fused-ring (bicyclic) bond motifs is 1. The molecule has 0 bridgehead atoms. The number of nitrogens with one attached hydrogen (secondary N) is 2. The van der Waals surface area contributed by atoms with Gasteiger partial charge >= 0.3 is 0 Å². The van der Waals surface area contributed by atoms with Crippen molar-refractivity contribution in [2.24, 2.45) is 0 Å². The van der Waals surface area contributed by atoms with Crippen LogP contribution in [0.3, 0.4) is 0 Å². The Morgan fingerprint density at radius 3 is 2.92 bits per heavy atom. The number of hydrogen-bond acceptors (Lipinski definition) is 4. The van der Waals surface area contributed by atoms with Crippen LogP contribution in [0.15, 0.2) is 16.7 Å². The lowest BCUT2D eigenvalue weighted by molar-refractivity contribution is -0.116. The molecule has 2 heterocycles. The largest absolute Gasteiger partial charge is 0.361 e. The average Bonchev–Trinajstić information content (AvgIpc) is 2.87. The summed E-state index contributed by atoms with van der Waals surface area (Å²) in [6.45, 7) is 5.10. The van der Waals surface area contributed by atoms with Crippen LogP contribution in [0.4, 0.5) is 10.1 Å². The Bertz CT molecular complexity index is 726. The Labute approximate surface area is 146 Å². The fraction of sp³-hybridized carbons (Fsp3) is 0.412. The summed E-state index contributed by atoms with van der Waals surface area (Å²) in [6.07, 6.45) is 1.44. The number of nitrogens with zero attached hydrogens (tertiary/aromatic N) is 1. The summed E-state index contributed by atoms with van der Waals surface area (Å²) in [6, 6.07) is 3.50. The minimum absolute atomic E-state index is 0. The maximum atomic E-state index is 14.5. The molecule has 7 heteroatoms. The Balaban J connectivity index is 0.00000208. The van der Waals surface area contributed by atoms with Crippen molar-refractivity contribution >= 4 is 24.0 Å². The number of carbonyl (C=O) groups excluding carboxylic acids is 1. The molecule has 0 aliphatic carbocycles. The van der Waals surface area contributed by atoms with Crippen molar-refractivity contribution in [1.82, 2.24) is 10.5 Å². The zero-order chi connectivity index (χ0) is 16.4. The zero-order valence-electron chi connectivity index (χ0n) is 13.7. The maximum absolute atomic E-state index is 14.5. The number of amides is 1. The van der Waals surface area contributed by atoms with Crippen molar-refractivity contribution in [2.75, 3.05) is 11.9 Å².